The molecule has 2 saturated carbocycles. The van der Waals surface area contributed by atoms with Crippen molar-refractivity contribution in [1.29, 1.82) is 0 Å². The van der Waals surface area contributed by atoms with Gasteiger partial charge in [-0.1, -0.05) is 29.3 Å². The number of anilines is 1. The number of halogens is 2. The molecule has 2 aliphatic rings. The van der Waals surface area contributed by atoms with Crippen LogP contribution in [0.4, 0.5) is 5.69 Å². The molecule has 0 bridgehead atoms. The number of phenols is 1. The number of carbonyl (C=O) groups excluding carboxylic acids is 1. The Bertz CT molecular complexity index is 1260. The van der Waals surface area contributed by atoms with Crippen molar-refractivity contribution in [3.63, 3.8) is 0 Å². The summed E-state index contributed by atoms with van der Waals surface area (Å²) in [5, 5.41) is 11.4. The number of hydrogen-bond donors (Lipinski definition) is 1. The van der Waals surface area contributed by atoms with Crippen LogP contribution in [0, 0.1) is 0 Å². The summed E-state index contributed by atoms with van der Waals surface area (Å²) in [6.07, 6.45) is 7.63. The van der Waals surface area contributed by atoms with E-state index in [-0.39, 0.29) is 15.8 Å². The summed E-state index contributed by atoms with van der Waals surface area (Å²) in [5.74, 6) is 0.247. The lowest BCUT2D eigenvalue weighted by atomic mass is 9.88. The molecule has 0 spiro atoms. The van der Waals surface area contributed by atoms with Crippen molar-refractivity contribution in [2.24, 2.45) is 0 Å². The van der Waals surface area contributed by atoms with Crippen molar-refractivity contribution in [1.82, 2.24) is 9.88 Å². The summed E-state index contributed by atoms with van der Waals surface area (Å²) in [7, 11) is 6.43. The molecule has 184 valence electrons. The third-order valence-corrected chi connectivity index (χ3v) is 8.33. The predicted molar refractivity (Wildman–Crippen MR) is 144 cm³/mol. The monoisotopic (exact) mass is 511 g/mol. The largest absolute Gasteiger partial charge is 0.505 e. The average molecular weight is 512 g/mol. The van der Waals surface area contributed by atoms with E-state index in [1.807, 2.05) is 12.1 Å². The Hall–Kier alpha value is -2.34. The first-order valence-electron chi connectivity index (χ1n) is 12.3. The van der Waals surface area contributed by atoms with Crippen LogP contribution in [0.15, 0.2) is 30.3 Å². The molecule has 0 amide bonds. The average Bonchev–Trinajstić information content (AvgIpc) is 3.70. The van der Waals surface area contributed by atoms with Crippen molar-refractivity contribution < 1.29 is 9.90 Å². The third kappa shape index (κ3) is 4.62. The van der Waals surface area contributed by atoms with E-state index in [1.54, 1.807) is 12.1 Å². The quantitative estimate of drug-likeness (QED) is 0.364. The number of carbonyl (C=O) groups is 1. The van der Waals surface area contributed by atoms with Gasteiger partial charge in [0.1, 0.15) is 0 Å². The van der Waals surface area contributed by atoms with Gasteiger partial charge in [-0.15, -0.1) is 0 Å². The van der Waals surface area contributed by atoms with E-state index in [0.29, 0.717) is 18.0 Å². The standard InChI is InChI=1S/C28H31Cl2N3O2/c1-32(2)19-7-9-20(10-8-19)33(3)27-21-12-17(18-13-23(29)28(35)24(30)14-18)6-11-25(21)31-26(16-4-5-16)22(27)15-34/h6,11-16,19-20,35H,4-5,7-10H2,1-3H3/t19-,20-. The summed E-state index contributed by atoms with van der Waals surface area (Å²) < 4.78 is 0. The van der Waals surface area contributed by atoms with Gasteiger partial charge < -0.3 is 14.9 Å². The van der Waals surface area contributed by atoms with Gasteiger partial charge in [-0.2, -0.15) is 0 Å². The molecule has 2 aliphatic carbocycles. The third-order valence-electron chi connectivity index (χ3n) is 7.75. The second kappa shape index (κ2) is 9.61. The lowest BCUT2D eigenvalue weighted by molar-refractivity contribution is 0.112. The maximum atomic E-state index is 12.5. The van der Waals surface area contributed by atoms with Gasteiger partial charge in [-0.05, 0) is 88.0 Å². The van der Waals surface area contributed by atoms with Gasteiger partial charge in [0.05, 0.1) is 32.5 Å². The topological polar surface area (TPSA) is 56.7 Å². The fourth-order valence-corrected chi connectivity index (χ4v) is 5.99. The number of benzene rings is 2. The minimum Gasteiger partial charge on any atom is -0.505 e. The summed E-state index contributed by atoms with van der Waals surface area (Å²) in [4.78, 5) is 22.1. The van der Waals surface area contributed by atoms with Crippen LogP contribution < -0.4 is 4.90 Å². The Morgan fingerprint density at radius 1 is 0.914 bits per heavy atom. The Kier molecular flexibility index (Phi) is 6.69. The molecule has 1 aromatic heterocycles. The maximum absolute atomic E-state index is 12.5. The Balaban J connectivity index is 1.63. The number of rotatable bonds is 6. The number of nitrogens with zero attached hydrogens (tertiary/aromatic N) is 3. The maximum Gasteiger partial charge on any atom is 0.154 e. The van der Waals surface area contributed by atoms with E-state index in [9.17, 15) is 9.90 Å². The summed E-state index contributed by atoms with van der Waals surface area (Å²) >= 11 is 12.4. The molecule has 0 aliphatic heterocycles. The zero-order valence-electron chi connectivity index (χ0n) is 20.4. The molecule has 2 fully saturated rings. The second-order valence-corrected chi connectivity index (χ2v) is 11.0. The van der Waals surface area contributed by atoms with E-state index in [1.165, 1.54) is 0 Å². The van der Waals surface area contributed by atoms with Crippen LogP contribution in [0.5, 0.6) is 5.75 Å². The lowest BCUT2D eigenvalue weighted by Gasteiger charge is -2.39. The first kappa shape index (κ1) is 24.4. The first-order valence-corrected chi connectivity index (χ1v) is 13.0. The van der Waals surface area contributed by atoms with Crippen LogP contribution in [0.2, 0.25) is 10.0 Å². The lowest BCUT2D eigenvalue weighted by Crippen LogP contribution is -2.41. The highest BCUT2D eigenvalue weighted by atomic mass is 35.5. The van der Waals surface area contributed by atoms with Crippen molar-refractivity contribution in [3.05, 3.63) is 51.6 Å². The smallest absolute Gasteiger partial charge is 0.154 e. The zero-order valence-corrected chi connectivity index (χ0v) is 21.9. The molecule has 2 aromatic carbocycles. The van der Waals surface area contributed by atoms with Crippen LogP contribution in [0.1, 0.15) is 60.5 Å². The van der Waals surface area contributed by atoms with Gasteiger partial charge in [0.25, 0.3) is 0 Å². The highest BCUT2D eigenvalue weighted by Crippen LogP contribution is 2.46. The van der Waals surface area contributed by atoms with Gasteiger partial charge >= 0.3 is 0 Å². The molecule has 1 heterocycles. The van der Waals surface area contributed by atoms with Gasteiger partial charge in [-0.25, -0.2) is 0 Å². The molecule has 0 atom stereocenters. The highest BCUT2D eigenvalue weighted by Gasteiger charge is 2.33. The molecule has 5 rings (SSSR count). The number of phenolic OH excluding ortho intramolecular Hbond substituents is 1. The number of aromatic hydroxyl groups is 1. The van der Waals surface area contributed by atoms with E-state index >= 15 is 0 Å². The van der Waals surface area contributed by atoms with E-state index in [4.69, 9.17) is 28.2 Å². The predicted octanol–water partition coefficient (Wildman–Crippen LogP) is 6.91. The van der Waals surface area contributed by atoms with Crippen molar-refractivity contribution in [2.45, 2.75) is 56.5 Å². The molecule has 1 N–H and O–H groups in total. The van der Waals surface area contributed by atoms with Crippen LogP contribution in [-0.4, -0.2) is 54.5 Å². The van der Waals surface area contributed by atoms with Crippen molar-refractivity contribution >= 4 is 46.1 Å². The second-order valence-electron chi connectivity index (χ2n) is 10.2. The first-order chi connectivity index (χ1) is 16.8. The van der Waals surface area contributed by atoms with E-state index in [2.05, 4.69) is 37.0 Å². The molecule has 5 nitrogen and oxygen atoms in total. The fourth-order valence-electron chi connectivity index (χ4n) is 5.50. The van der Waals surface area contributed by atoms with Gasteiger partial charge in [0.2, 0.25) is 0 Å². The van der Waals surface area contributed by atoms with E-state index < -0.39 is 0 Å². The summed E-state index contributed by atoms with van der Waals surface area (Å²) in [5.41, 5.74) is 5.22. The highest BCUT2D eigenvalue weighted by molar-refractivity contribution is 6.37. The molecule has 0 radical (unpaired) electrons. The minimum absolute atomic E-state index is 0.120. The van der Waals surface area contributed by atoms with Gasteiger partial charge in [0.15, 0.2) is 12.0 Å². The van der Waals surface area contributed by atoms with Crippen LogP contribution in [0.25, 0.3) is 22.0 Å². The number of aldehydes is 1. The minimum atomic E-state index is -0.120. The van der Waals surface area contributed by atoms with Gasteiger partial charge in [-0.3, -0.25) is 9.78 Å². The molecule has 0 unspecified atom stereocenters. The Morgan fingerprint density at radius 3 is 2.11 bits per heavy atom. The number of aromatic nitrogens is 1. The molecule has 0 saturated heterocycles. The fraction of sp³-hybridized carbons (Fsp3) is 0.429. The SMILES string of the molecule is CN(C)[C@H]1CC[C@H](N(C)c2c(C=O)c(C3CC3)nc3ccc(-c4cc(Cl)c(O)c(Cl)c4)cc23)CC1. The summed E-state index contributed by atoms with van der Waals surface area (Å²) in [6, 6.07) is 10.5. The van der Waals surface area contributed by atoms with Crippen molar-refractivity contribution in [2.75, 3.05) is 26.0 Å². The Morgan fingerprint density at radius 2 is 1.54 bits per heavy atom. The zero-order chi connectivity index (χ0) is 24.9. The van der Waals surface area contributed by atoms with Crippen LogP contribution in [-0.2, 0) is 0 Å². The number of pyridine rings is 1. The number of fused-ring (bicyclic) bond motifs is 1. The van der Waals surface area contributed by atoms with Crippen LogP contribution in [0.3, 0.4) is 0 Å². The number of hydrogen-bond acceptors (Lipinski definition) is 5. The van der Waals surface area contributed by atoms with Gasteiger partial charge in [0, 0.05) is 30.4 Å². The Labute approximate surface area is 216 Å². The molecular formula is C28H31Cl2N3O2. The molecule has 7 heteroatoms. The normalized spacial score (nSPS) is 20.4. The van der Waals surface area contributed by atoms with Crippen LogP contribution >= 0.6 is 23.2 Å². The molecule has 35 heavy (non-hydrogen) atoms. The van der Waals surface area contributed by atoms with Crippen molar-refractivity contribution in [3.8, 4) is 16.9 Å². The van der Waals surface area contributed by atoms with E-state index in [0.717, 1.165) is 83.8 Å². The molecular weight excluding hydrogens is 481 g/mol. The summed E-state index contributed by atoms with van der Waals surface area (Å²) in [6.45, 7) is 0. The molecule has 3 aromatic rings.